The zero-order chi connectivity index (χ0) is 46.5. The van der Waals surface area contributed by atoms with Crippen LogP contribution in [0.25, 0.3) is 38.8 Å². The van der Waals surface area contributed by atoms with Crippen LogP contribution in [-0.2, 0) is 0 Å². The van der Waals surface area contributed by atoms with Gasteiger partial charge in [-0.1, -0.05) is 218 Å². The lowest BCUT2D eigenvalue weighted by atomic mass is 10.1. The van der Waals surface area contributed by atoms with Gasteiger partial charge in [-0.15, -0.1) is 0 Å². The molecule has 0 amide bonds. The molecule has 0 saturated heterocycles. The fraction of sp³-hybridized carbons (Fsp3) is 0. The maximum atomic E-state index is 5.79. The summed E-state index contributed by atoms with van der Waals surface area (Å²) in [6.45, 7) is 0. The van der Waals surface area contributed by atoms with Gasteiger partial charge >= 0.3 is 0 Å². The number of fused-ring (bicyclic) bond motifs is 6. The van der Waals surface area contributed by atoms with Gasteiger partial charge in [0.05, 0.1) is 22.9 Å². The molecule has 330 valence electrons. The summed E-state index contributed by atoms with van der Waals surface area (Å²) in [6.07, 6.45) is 4.02. The average molecular weight is 927 g/mol. The minimum Gasteiger partial charge on any atom is -0.308 e. The second-order valence-electron chi connectivity index (χ2n) is 18.1. The molecule has 12 aromatic rings. The molecule has 0 saturated carbocycles. The van der Waals surface area contributed by atoms with Crippen molar-refractivity contribution in [2.75, 3.05) is 4.90 Å². The molecular formula is C64H46N4Si2. The lowest BCUT2D eigenvalue weighted by molar-refractivity contribution is 1.15. The third-order valence-electron chi connectivity index (χ3n) is 14.5. The topological polar surface area (TPSA) is 34.0 Å². The molecular weight excluding hydrogens is 881 g/mol. The van der Waals surface area contributed by atoms with Crippen molar-refractivity contribution < 1.29 is 0 Å². The number of anilines is 3. The van der Waals surface area contributed by atoms with Gasteiger partial charge in [-0.25, -0.2) is 4.98 Å². The smallest absolute Gasteiger partial charge is 0.187 e. The second-order valence-corrected chi connectivity index (χ2v) is 25.6. The Morgan fingerprint density at radius 2 is 0.943 bits per heavy atom. The highest BCUT2D eigenvalue weighted by atomic mass is 28.3. The van der Waals surface area contributed by atoms with E-state index in [9.17, 15) is 0 Å². The minimum absolute atomic E-state index is 0.958. The third-order valence-corrected chi connectivity index (χ3v) is 24.1. The zero-order valence-electron chi connectivity index (χ0n) is 38.3. The molecule has 9 aromatic carbocycles. The lowest BCUT2D eigenvalue weighted by Gasteiger charge is -2.45. The summed E-state index contributed by atoms with van der Waals surface area (Å²) in [5.74, 6) is 0.961. The van der Waals surface area contributed by atoms with Gasteiger partial charge in [0.15, 0.2) is 16.1 Å². The number of hydrogen-bond donors (Lipinski definition) is 0. The fourth-order valence-electron chi connectivity index (χ4n) is 11.7. The van der Waals surface area contributed by atoms with Crippen LogP contribution in [0.15, 0.2) is 279 Å². The number of hydrogen-bond acceptors (Lipinski definition) is 3. The molecule has 0 bridgehead atoms. The highest BCUT2D eigenvalue weighted by Gasteiger charge is 2.51. The normalized spacial score (nSPS) is 12.9. The van der Waals surface area contributed by atoms with Crippen LogP contribution in [0.1, 0.15) is 0 Å². The Labute approximate surface area is 410 Å². The Kier molecular flexibility index (Phi) is 10.2. The number of para-hydroxylation sites is 3. The molecule has 13 rings (SSSR count). The second kappa shape index (κ2) is 17.1. The Bertz CT molecular complexity index is 3750. The molecule has 0 fully saturated rings. The number of nitrogens with zero attached hydrogens (tertiary/aromatic N) is 4. The molecule has 0 aliphatic carbocycles. The molecule has 0 unspecified atom stereocenters. The van der Waals surface area contributed by atoms with Crippen molar-refractivity contribution >= 4 is 96.6 Å². The molecule has 0 N–H and O–H groups in total. The van der Waals surface area contributed by atoms with E-state index in [1.807, 2.05) is 12.3 Å². The highest BCUT2D eigenvalue weighted by Crippen LogP contribution is 2.41. The Balaban J connectivity index is 1.15. The minimum atomic E-state index is -3.18. The third kappa shape index (κ3) is 6.34. The van der Waals surface area contributed by atoms with Crippen LogP contribution in [0.3, 0.4) is 0 Å². The summed E-state index contributed by atoms with van der Waals surface area (Å²) in [5, 5.41) is 12.9. The van der Waals surface area contributed by atoms with Crippen molar-refractivity contribution in [3.63, 3.8) is 0 Å². The van der Waals surface area contributed by atoms with Crippen molar-refractivity contribution in [3.05, 3.63) is 279 Å². The van der Waals surface area contributed by atoms with Gasteiger partial charge < -0.3 is 4.57 Å². The monoisotopic (exact) mass is 926 g/mol. The number of rotatable bonds is 9. The van der Waals surface area contributed by atoms with E-state index in [1.165, 1.54) is 52.3 Å². The summed E-state index contributed by atoms with van der Waals surface area (Å²) in [5.41, 5.74) is 7.63. The fourth-order valence-corrected chi connectivity index (χ4v) is 21.7. The van der Waals surface area contributed by atoms with Crippen LogP contribution in [0, 0.1) is 0 Å². The van der Waals surface area contributed by atoms with Crippen LogP contribution < -0.4 is 46.4 Å². The first-order valence-electron chi connectivity index (χ1n) is 24.0. The van der Waals surface area contributed by atoms with Crippen LogP contribution in [0.5, 0.6) is 0 Å². The predicted molar refractivity (Wildman–Crippen MR) is 297 cm³/mol. The SMILES string of the molecule is c1ccc(-n2c3ccccc3c3c4c(ncc32)N(c2cccc([Si](c3ccccc3)(c3ccccc3)c3cccc(-c5ccccn5)c3)c2)c2ccccc2[Si]4(c2ccccc2)c2ccccc2)cc1. The first kappa shape index (κ1) is 41.5. The Morgan fingerprint density at radius 3 is 1.61 bits per heavy atom. The molecule has 1 aliphatic heterocycles. The van der Waals surface area contributed by atoms with Crippen molar-refractivity contribution in [1.29, 1.82) is 0 Å². The van der Waals surface area contributed by atoms with E-state index in [1.54, 1.807) is 0 Å². The number of pyridine rings is 2. The van der Waals surface area contributed by atoms with E-state index < -0.39 is 16.1 Å². The molecule has 70 heavy (non-hydrogen) atoms. The van der Waals surface area contributed by atoms with Crippen molar-refractivity contribution in [2.45, 2.75) is 0 Å². The molecule has 1 aliphatic rings. The Hall–Kier alpha value is -8.69. The molecule has 3 aromatic heterocycles. The predicted octanol–water partition coefficient (Wildman–Crippen LogP) is 9.78. The summed E-state index contributed by atoms with van der Waals surface area (Å²) < 4.78 is 2.41. The van der Waals surface area contributed by atoms with E-state index in [4.69, 9.17) is 9.97 Å². The maximum absolute atomic E-state index is 5.79. The zero-order valence-corrected chi connectivity index (χ0v) is 40.3. The Morgan fingerprint density at radius 1 is 0.400 bits per heavy atom. The standard InChI is InChI=1S/C64H46N4Si2/c1-6-25-48(26-7-1)67-58-40-17-16-38-56(58)62-60(67)46-66-64-63(62)70(52-32-12-4-13-33-52,53-34-14-5-15-35-53)61-42-19-18-41-59(61)68(64)49-27-23-37-55(45-49)69(50-28-8-2-9-29-50,51-30-10-3-11-31-51)54-36-22-24-47(44-54)57-39-20-21-43-65-57/h1-46H. The summed E-state index contributed by atoms with van der Waals surface area (Å²) in [6, 6.07) is 98.6. The summed E-state index contributed by atoms with van der Waals surface area (Å²) >= 11 is 0. The van der Waals surface area contributed by atoms with E-state index in [0.717, 1.165) is 45.2 Å². The number of benzene rings is 9. The molecule has 0 atom stereocenters. The van der Waals surface area contributed by atoms with E-state index >= 15 is 0 Å². The van der Waals surface area contributed by atoms with Crippen LogP contribution in [-0.4, -0.2) is 30.7 Å². The van der Waals surface area contributed by atoms with Crippen molar-refractivity contribution in [1.82, 2.24) is 14.5 Å². The van der Waals surface area contributed by atoms with E-state index in [2.05, 4.69) is 277 Å². The largest absolute Gasteiger partial charge is 0.308 e. The van der Waals surface area contributed by atoms with Crippen LogP contribution >= 0.6 is 0 Å². The first-order chi connectivity index (χ1) is 34.8. The van der Waals surface area contributed by atoms with Gasteiger partial charge in [-0.2, -0.15) is 0 Å². The quantitative estimate of drug-likeness (QED) is 0.107. The van der Waals surface area contributed by atoms with Crippen LogP contribution in [0.4, 0.5) is 17.2 Å². The van der Waals surface area contributed by atoms with Gasteiger partial charge in [0.25, 0.3) is 0 Å². The van der Waals surface area contributed by atoms with Gasteiger partial charge in [0, 0.05) is 44.8 Å². The van der Waals surface area contributed by atoms with Crippen molar-refractivity contribution in [2.24, 2.45) is 0 Å². The lowest BCUT2D eigenvalue weighted by Crippen LogP contribution is -2.77. The van der Waals surface area contributed by atoms with Gasteiger partial charge in [0.2, 0.25) is 0 Å². The van der Waals surface area contributed by atoms with Gasteiger partial charge in [-0.05, 0) is 84.8 Å². The molecule has 0 spiro atoms. The van der Waals surface area contributed by atoms with Gasteiger partial charge in [0.1, 0.15) is 5.82 Å². The molecule has 4 nitrogen and oxygen atoms in total. The molecule has 4 heterocycles. The summed E-state index contributed by atoms with van der Waals surface area (Å²) in [4.78, 5) is 13.1. The maximum Gasteiger partial charge on any atom is 0.187 e. The van der Waals surface area contributed by atoms with Gasteiger partial charge in [-0.3, -0.25) is 9.88 Å². The number of aromatic nitrogens is 3. The summed E-state index contributed by atoms with van der Waals surface area (Å²) in [7, 11) is -6.24. The highest BCUT2D eigenvalue weighted by molar-refractivity contribution is 7.22. The first-order valence-corrected chi connectivity index (χ1v) is 28.0. The van der Waals surface area contributed by atoms with E-state index in [-0.39, 0.29) is 0 Å². The molecule has 6 heteroatoms. The van der Waals surface area contributed by atoms with E-state index in [0.29, 0.717) is 0 Å². The average Bonchev–Trinajstić information content (AvgIpc) is 3.79. The molecule has 0 radical (unpaired) electrons. The van der Waals surface area contributed by atoms with Crippen LogP contribution in [0.2, 0.25) is 0 Å². The van der Waals surface area contributed by atoms with Crippen molar-refractivity contribution in [3.8, 4) is 16.9 Å².